The second-order valence-electron chi connectivity index (χ2n) is 9.49. The Bertz CT molecular complexity index is 1490. The van der Waals surface area contributed by atoms with Gasteiger partial charge in [0.25, 0.3) is 0 Å². The lowest BCUT2D eigenvalue weighted by atomic mass is 9.98. The van der Waals surface area contributed by atoms with Crippen LogP contribution in [0.2, 0.25) is 0 Å². The van der Waals surface area contributed by atoms with Crippen molar-refractivity contribution in [3.63, 3.8) is 0 Å². The van der Waals surface area contributed by atoms with E-state index in [9.17, 15) is 13.2 Å². The minimum atomic E-state index is -3.96. The number of amides is 1. The fraction of sp³-hybridized carbons (Fsp3) is 0.321. The summed E-state index contributed by atoms with van der Waals surface area (Å²) in [6.45, 7) is 8.02. The van der Waals surface area contributed by atoms with Crippen LogP contribution >= 0.6 is 0 Å². The molecule has 37 heavy (non-hydrogen) atoms. The van der Waals surface area contributed by atoms with Crippen LogP contribution in [0.3, 0.4) is 0 Å². The fourth-order valence-electron chi connectivity index (χ4n) is 4.83. The molecule has 192 valence electrons. The predicted molar refractivity (Wildman–Crippen MR) is 142 cm³/mol. The molecule has 1 amide bonds. The number of piperidine rings is 1. The van der Waals surface area contributed by atoms with Gasteiger partial charge in [-0.15, -0.1) is 0 Å². The van der Waals surface area contributed by atoms with Gasteiger partial charge < -0.3 is 9.84 Å². The smallest absolute Gasteiger partial charge is 0.248 e. The Morgan fingerprint density at radius 1 is 1.16 bits per heavy atom. The summed E-state index contributed by atoms with van der Waals surface area (Å²) in [5.41, 5.74) is 5.54. The number of sulfonamides is 1. The molecule has 0 aliphatic carbocycles. The van der Waals surface area contributed by atoms with Crippen molar-refractivity contribution in [2.45, 2.75) is 45.4 Å². The third-order valence-electron chi connectivity index (χ3n) is 6.58. The number of rotatable bonds is 6. The number of nitrogens with one attached hydrogen (secondary N) is 1. The van der Waals surface area contributed by atoms with E-state index in [0.717, 1.165) is 22.3 Å². The average Bonchev–Trinajstić information content (AvgIpc) is 3.24. The highest BCUT2D eigenvalue weighted by Gasteiger charge is 2.37. The Kier molecular flexibility index (Phi) is 7.62. The van der Waals surface area contributed by atoms with E-state index < -0.39 is 15.9 Å². The van der Waals surface area contributed by atoms with Crippen molar-refractivity contribution >= 4 is 33.8 Å². The maximum atomic E-state index is 13.7. The van der Waals surface area contributed by atoms with Gasteiger partial charge in [0.15, 0.2) is 10.7 Å². The van der Waals surface area contributed by atoms with E-state index in [2.05, 4.69) is 22.6 Å². The second kappa shape index (κ2) is 10.7. The van der Waals surface area contributed by atoms with Crippen LogP contribution in [0.4, 0.5) is 5.69 Å². The molecule has 1 aliphatic heterocycles. The molecule has 1 atom stereocenters. The summed E-state index contributed by atoms with van der Waals surface area (Å²) < 4.78 is 34.2. The van der Waals surface area contributed by atoms with Gasteiger partial charge in [-0.05, 0) is 81.5 Å². The van der Waals surface area contributed by atoms with Crippen LogP contribution in [-0.4, -0.2) is 36.9 Å². The summed E-state index contributed by atoms with van der Waals surface area (Å²) in [5, 5.41) is 15.8. The number of carbonyl (C=O) groups is 1. The lowest BCUT2D eigenvalue weighted by molar-refractivity contribution is -0.120. The van der Waals surface area contributed by atoms with Crippen LogP contribution < -0.4 is 5.32 Å². The number of benzene rings is 2. The number of aromatic nitrogens is 1. The summed E-state index contributed by atoms with van der Waals surface area (Å²) >= 11 is 0. The molecule has 2 heterocycles. The number of hydrogen-bond donors (Lipinski definition) is 1. The van der Waals surface area contributed by atoms with Gasteiger partial charge in [-0.25, -0.2) is 8.42 Å². The first-order chi connectivity index (χ1) is 17.6. The summed E-state index contributed by atoms with van der Waals surface area (Å²) in [5.74, 6) is -0.634. The number of carbonyl (C=O) groups excluding carboxylic acids is 1. The monoisotopic (exact) mass is 518 g/mol. The van der Waals surface area contributed by atoms with Crippen LogP contribution in [0.15, 0.2) is 45.8 Å². The highest BCUT2D eigenvalue weighted by molar-refractivity contribution is 7.89. The zero-order valence-corrected chi connectivity index (χ0v) is 22.2. The standard InChI is InChI=1S/C28H30N4O4S/c1-18-13-19(2)25(20(3)14-18)10-11-26-27(21(4)31-36-26)37(34,35)32-12-6-8-23(17-32)28(33)30-24-9-5-7-22(15-24)16-29/h5,7,9-11,13-15,23H,6,8,12,17H2,1-4H3,(H,30,33)/b11-10+/t23-/m0/s1. The molecular formula is C28H30N4O4S. The maximum absolute atomic E-state index is 13.7. The van der Waals surface area contributed by atoms with Gasteiger partial charge in [0.05, 0.1) is 17.6 Å². The zero-order chi connectivity index (χ0) is 26.7. The minimum Gasteiger partial charge on any atom is -0.355 e. The molecule has 9 heteroatoms. The minimum absolute atomic E-state index is 0.0222. The summed E-state index contributed by atoms with van der Waals surface area (Å²) in [4.78, 5) is 13.0. The molecule has 4 rings (SSSR count). The zero-order valence-electron chi connectivity index (χ0n) is 21.4. The average molecular weight is 519 g/mol. The van der Waals surface area contributed by atoms with Crippen molar-refractivity contribution < 1.29 is 17.7 Å². The largest absolute Gasteiger partial charge is 0.355 e. The van der Waals surface area contributed by atoms with Crippen LogP contribution in [0.1, 0.15) is 52.1 Å². The summed E-state index contributed by atoms with van der Waals surface area (Å²) in [7, 11) is -3.96. The second-order valence-corrected chi connectivity index (χ2v) is 11.4. The van der Waals surface area contributed by atoms with Crippen molar-refractivity contribution in [1.29, 1.82) is 5.26 Å². The van der Waals surface area contributed by atoms with Crippen LogP contribution in [-0.2, 0) is 14.8 Å². The number of anilines is 1. The molecule has 1 aliphatic rings. The Labute approximate surface area is 217 Å². The lowest BCUT2D eigenvalue weighted by Crippen LogP contribution is -2.43. The highest BCUT2D eigenvalue weighted by Crippen LogP contribution is 2.30. The molecule has 2 aromatic carbocycles. The number of hydrogen-bond acceptors (Lipinski definition) is 6. The topological polar surface area (TPSA) is 116 Å². The van der Waals surface area contributed by atoms with Crippen molar-refractivity contribution in [2.75, 3.05) is 18.4 Å². The van der Waals surface area contributed by atoms with Gasteiger partial charge in [0, 0.05) is 18.8 Å². The molecule has 0 spiro atoms. The van der Waals surface area contributed by atoms with Gasteiger partial charge in [0.1, 0.15) is 5.69 Å². The normalized spacial score (nSPS) is 16.6. The highest BCUT2D eigenvalue weighted by atomic mass is 32.2. The van der Waals surface area contributed by atoms with Crippen LogP contribution in [0.5, 0.6) is 0 Å². The van der Waals surface area contributed by atoms with Crippen molar-refractivity contribution in [3.05, 3.63) is 75.7 Å². The molecule has 0 radical (unpaired) electrons. The van der Waals surface area contributed by atoms with Gasteiger partial charge in [-0.3, -0.25) is 4.79 Å². The Morgan fingerprint density at radius 2 is 1.89 bits per heavy atom. The van der Waals surface area contributed by atoms with Crippen LogP contribution in [0.25, 0.3) is 12.2 Å². The van der Waals surface area contributed by atoms with Gasteiger partial charge in [-0.2, -0.15) is 9.57 Å². The number of aryl methyl sites for hydroxylation is 4. The molecule has 0 saturated carbocycles. The van der Waals surface area contributed by atoms with Gasteiger partial charge in [0.2, 0.25) is 15.9 Å². The Morgan fingerprint density at radius 3 is 2.59 bits per heavy atom. The van der Waals surface area contributed by atoms with E-state index in [1.165, 1.54) is 4.31 Å². The number of nitrogens with zero attached hydrogens (tertiary/aromatic N) is 3. The molecule has 0 bridgehead atoms. The predicted octanol–water partition coefficient (Wildman–Crippen LogP) is 4.99. The Balaban J connectivity index is 1.56. The first-order valence-corrected chi connectivity index (χ1v) is 13.6. The third kappa shape index (κ3) is 5.66. The van der Waals surface area contributed by atoms with Gasteiger partial charge >= 0.3 is 0 Å². The first kappa shape index (κ1) is 26.3. The lowest BCUT2D eigenvalue weighted by Gasteiger charge is -2.31. The quantitative estimate of drug-likeness (QED) is 0.491. The molecule has 8 nitrogen and oxygen atoms in total. The van der Waals surface area contributed by atoms with Crippen molar-refractivity contribution in [2.24, 2.45) is 5.92 Å². The molecule has 1 saturated heterocycles. The molecule has 1 N–H and O–H groups in total. The van der Waals surface area contributed by atoms with E-state index in [0.29, 0.717) is 30.6 Å². The Hall–Kier alpha value is -3.74. The van der Waals surface area contributed by atoms with E-state index in [4.69, 9.17) is 9.78 Å². The molecule has 1 fully saturated rings. The van der Waals surface area contributed by atoms with Gasteiger partial charge in [-0.1, -0.05) is 35.0 Å². The number of nitriles is 1. The SMILES string of the molecule is Cc1cc(C)c(/C=C/c2onc(C)c2S(=O)(=O)N2CCC[C@H](C(=O)Nc3cccc(C#N)c3)C2)c(C)c1. The molecule has 0 unspecified atom stereocenters. The fourth-order valence-corrected chi connectivity index (χ4v) is 6.60. The van der Waals surface area contributed by atoms with E-state index >= 15 is 0 Å². The first-order valence-electron chi connectivity index (χ1n) is 12.1. The third-order valence-corrected chi connectivity index (χ3v) is 8.61. The van der Waals surface area contributed by atoms with Crippen molar-refractivity contribution in [3.8, 4) is 6.07 Å². The molecular weight excluding hydrogens is 488 g/mol. The summed E-state index contributed by atoms with van der Waals surface area (Å²) in [6, 6.07) is 12.8. The molecule has 1 aromatic heterocycles. The van der Waals surface area contributed by atoms with E-state index in [1.54, 1.807) is 37.3 Å². The maximum Gasteiger partial charge on any atom is 0.248 e. The van der Waals surface area contributed by atoms with E-state index in [1.807, 2.05) is 32.9 Å². The van der Waals surface area contributed by atoms with E-state index in [-0.39, 0.29) is 28.8 Å². The summed E-state index contributed by atoms with van der Waals surface area (Å²) in [6.07, 6.45) is 4.61. The van der Waals surface area contributed by atoms with Crippen LogP contribution in [0, 0.1) is 44.9 Å². The molecule has 3 aromatic rings. The van der Waals surface area contributed by atoms with Crippen molar-refractivity contribution in [1.82, 2.24) is 9.46 Å².